The molecule has 0 atom stereocenters. The number of amides is 1. The van der Waals surface area contributed by atoms with Crippen molar-refractivity contribution in [2.24, 2.45) is 0 Å². The van der Waals surface area contributed by atoms with Crippen LogP contribution in [0.15, 0.2) is 48.5 Å². The third-order valence-electron chi connectivity index (χ3n) is 4.48. The first-order valence-corrected chi connectivity index (χ1v) is 8.78. The van der Waals surface area contributed by atoms with Crippen molar-refractivity contribution in [3.8, 4) is 0 Å². The molecule has 1 aliphatic rings. The summed E-state index contributed by atoms with van der Waals surface area (Å²) in [5.41, 5.74) is 3.66. The minimum Gasteiger partial charge on any atom is -0.340 e. The summed E-state index contributed by atoms with van der Waals surface area (Å²) in [7, 11) is 0. The Labute approximate surface area is 148 Å². The van der Waals surface area contributed by atoms with Crippen LogP contribution < -0.4 is 0 Å². The van der Waals surface area contributed by atoms with E-state index in [-0.39, 0.29) is 5.91 Å². The van der Waals surface area contributed by atoms with E-state index in [1.165, 1.54) is 11.1 Å². The lowest BCUT2D eigenvalue weighted by atomic mass is 10.1. The highest BCUT2D eigenvalue weighted by Crippen LogP contribution is 2.13. The molecule has 2 aromatic carbocycles. The Bertz CT molecular complexity index is 691. The molecule has 2 aromatic rings. The molecule has 1 amide bonds. The Balaban J connectivity index is 1.49. The summed E-state index contributed by atoms with van der Waals surface area (Å²) in [6.45, 7) is 6.55. The van der Waals surface area contributed by atoms with Crippen molar-refractivity contribution in [3.63, 3.8) is 0 Å². The van der Waals surface area contributed by atoms with Gasteiger partial charge in [0, 0.05) is 37.7 Å². The van der Waals surface area contributed by atoms with E-state index < -0.39 is 0 Å². The summed E-state index contributed by atoms with van der Waals surface area (Å²) in [5.74, 6) is 0.201. The summed E-state index contributed by atoms with van der Waals surface area (Å²) < 4.78 is 0. The zero-order chi connectivity index (χ0) is 16.9. The highest BCUT2D eigenvalue weighted by Gasteiger charge is 2.21. The number of rotatable bonds is 4. The lowest BCUT2D eigenvalue weighted by molar-refractivity contribution is -0.132. The van der Waals surface area contributed by atoms with Crippen LogP contribution in [0.3, 0.4) is 0 Å². The molecule has 0 aromatic heterocycles. The van der Waals surface area contributed by atoms with Crippen molar-refractivity contribution in [1.82, 2.24) is 9.80 Å². The van der Waals surface area contributed by atoms with E-state index in [1.54, 1.807) is 0 Å². The Morgan fingerprint density at radius 3 is 2.38 bits per heavy atom. The van der Waals surface area contributed by atoms with Crippen molar-refractivity contribution >= 4 is 17.5 Å². The minimum absolute atomic E-state index is 0.201. The van der Waals surface area contributed by atoms with Crippen molar-refractivity contribution in [1.29, 1.82) is 0 Å². The number of carbonyl (C=O) groups is 1. The van der Waals surface area contributed by atoms with Crippen LogP contribution in [-0.4, -0.2) is 41.9 Å². The van der Waals surface area contributed by atoms with Gasteiger partial charge in [-0.15, -0.1) is 0 Å². The molecule has 0 radical (unpaired) electrons. The molecule has 0 aliphatic carbocycles. The van der Waals surface area contributed by atoms with E-state index in [1.807, 2.05) is 29.2 Å². The second-order valence-corrected chi connectivity index (χ2v) is 6.89. The molecule has 1 aliphatic heterocycles. The van der Waals surface area contributed by atoms with Gasteiger partial charge in [0.15, 0.2) is 0 Å². The predicted octanol–water partition coefficient (Wildman–Crippen LogP) is 3.54. The van der Waals surface area contributed by atoms with E-state index in [0.29, 0.717) is 11.4 Å². The average molecular weight is 343 g/mol. The second kappa shape index (κ2) is 7.82. The molecule has 0 saturated carbocycles. The third-order valence-corrected chi connectivity index (χ3v) is 4.73. The monoisotopic (exact) mass is 342 g/mol. The Morgan fingerprint density at radius 1 is 1.00 bits per heavy atom. The molecule has 24 heavy (non-hydrogen) atoms. The van der Waals surface area contributed by atoms with E-state index in [9.17, 15) is 4.79 Å². The van der Waals surface area contributed by atoms with Crippen LogP contribution in [0.5, 0.6) is 0 Å². The Morgan fingerprint density at radius 2 is 1.71 bits per heavy atom. The summed E-state index contributed by atoms with van der Waals surface area (Å²) in [6, 6.07) is 16.2. The lowest BCUT2D eigenvalue weighted by Crippen LogP contribution is -2.48. The van der Waals surface area contributed by atoms with E-state index >= 15 is 0 Å². The van der Waals surface area contributed by atoms with Gasteiger partial charge < -0.3 is 4.90 Å². The first-order valence-electron chi connectivity index (χ1n) is 8.40. The van der Waals surface area contributed by atoms with Crippen molar-refractivity contribution < 1.29 is 4.79 Å². The number of halogens is 1. The molecule has 0 N–H and O–H groups in total. The Hall–Kier alpha value is -1.84. The van der Waals surface area contributed by atoms with Gasteiger partial charge in [-0.25, -0.2) is 0 Å². The zero-order valence-corrected chi connectivity index (χ0v) is 14.8. The van der Waals surface area contributed by atoms with E-state index in [2.05, 4.69) is 36.1 Å². The standard InChI is InChI=1S/C20H23ClN2O/c1-16-3-2-4-18(13-16)15-22-9-11-23(12-10-22)20(24)14-17-5-7-19(21)8-6-17/h2-8,13H,9-12,14-15H2,1H3. The molecular formula is C20H23ClN2O. The fourth-order valence-electron chi connectivity index (χ4n) is 3.11. The first kappa shape index (κ1) is 17.0. The van der Waals surface area contributed by atoms with Crippen LogP contribution in [0.25, 0.3) is 0 Å². The van der Waals surface area contributed by atoms with Crippen LogP contribution in [-0.2, 0) is 17.8 Å². The van der Waals surface area contributed by atoms with Gasteiger partial charge in [0.1, 0.15) is 0 Å². The molecule has 3 rings (SSSR count). The highest BCUT2D eigenvalue weighted by atomic mass is 35.5. The van der Waals surface area contributed by atoms with Gasteiger partial charge in [0.25, 0.3) is 0 Å². The minimum atomic E-state index is 0.201. The quantitative estimate of drug-likeness (QED) is 0.848. The number of hydrogen-bond acceptors (Lipinski definition) is 2. The van der Waals surface area contributed by atoms with Crippen molar-refractivity contribution in [2.45, 2.75) is 19.9 Å². The van der Waals surface area contributed by atoms with Gasteiger partial charge >= 0.3 is 0 Å². The van der Waals surface area contributed by atoms with Crippen LogP contribution in [0.2, 0.25) is 5.02 Å². The largest absolute Gasteiger partial charge is 0.340 e. The topological polar surface area (TPSA) is 23.6 Å². The molecule has 1 fully saturated rings. The summed E-state index contributed by atoms with van der Waals surface area (Å²) in [6.07, 6.45) is 0.453. The summed E-state index contributed by atoms with van der Waals surface area (Å²) >= 11 is 5.89. The molecule has 0 spiro atoms. The number of hydrogen-bond donors (Lipinski definition) is 0. The van der Waals surface area contributed by atoms with Gasteiger partial charge in [0.2, 0.25) is 5.91 Å². The third kappa shape index (κ3) is 4.59. The van der Waals surface area contributed by atoms with Crippen LogP contribution >= 0.6 is 11.6 Å². The van der Waals surface area contributed by atoms with Gasteiger partial charge in [-0.2, -0.15) is 0 Å². The first-order chi connectivity index (χ1) is 11.6. The van der Waals surface area contributed by atoms with Crippen LogP contribution in [0.4, 0.5) is 0 Å². The average Bonchev–Trinajstić information content (AvgIpc) is 2.57. The van der Waals surface area contributed by atoms with Gasteiger partial charge in [0.05, 0.1) is 6.42 Å². The molecule has 0 unspecified atom stereocenters. The summed E-state index contributed by atoms with van der Waals surface area (Å²) in [5, 5.41) is 0.705. The maximum absolute atomic E-state index is 12.4. The maximum Gasteiger partial charge on any atom is 0.227 e. The second-order valence-electron chi connectivity index (χ2n) is 6.45. The predicted molar refractivity (Wildman–Crippen MR) is 98.2 cm³/mol. The van der Waals surface area contributed by atoms with Gasteiger partial charge in [-0.05, 0) is 30.2 Å². The molecule has 1 heterocycles. The van der Waals surface area contributed by atoms with E-state index in [0.717, 1.165) is 38.3 Å². The normalized spacial score (nSPS) is 15.5. The highest BCUT2D eigenvalue weighted by molar-refractivity contribution is 6.30. The number of nitrogens with zero attached hydrogens (tertiary/aromatic N) is 2. The number of carbonyl (C=O) groups excluding carboxylic acids is 1. The molecule has 3 nitrogen and oxygen atoms in total. The molecule has 0 bridgehead atoms. The fourth-order valence-corrected chi connectivity index (χ4v) is 3.24. The smallest absolute Gasteiger partial charge is 0.227 e. The maximum atomic E-state index is 12.4. The molecule has 126 valence electrons. The SMILES string of the molecule is Cc1cccc(CN2CCN(C(=O)Cc3ccc(Cl)cc3)CC2)c1. The summed E-state index contributed by atoms with van der Waals surface area (Å²) in [4.78, 5) is 16.8. The number of piperazine rings is 1. The van der Waals surface area contributed by atoms with Crippen LogP contribution in [0.1, 0.15) is 16.7 Å². The molecular weight excluding hydrogens is 320 g/mol. The lowest BCUT2D eigenvalue weighted by Gasteiger charge is -2.35. The number of aryl methyl sites for hydroxylation is 1. The fraction of sp³-hybridized carbons (Fsp3) is 0.350. The number of benzene rings is 2. The van der Waals surface area contributed by atoms with Crippen molar-refractivity contribution in [3.05, 3.63) is 70.2 Å². The Kier molecular flexibility index (Phi) is 5.54. The van der Waals surface area contributed by atoms with E-state index in [4.69, 9.17) is 11.6 Å². The van der Waals surface area contributed by atoms with Crippen molar-refractivity contribution in [2.75, 3.05) is 26.2 Å². The van der Waals surface area contributed by atoms with Crippen LogP contribution in [0, 0.1) is 6.92 Å². The van der Waals surface area contributed by atoms with Gasteiger partial charge in [-0.3, -0.25) is 9.69 Å². The molecule has 1 saturated heterocycles. The molecule has 4 heteroatoms. The van der Waals surface area contributed by atoms with Gasteiger partial charge in [-0.1, -0.05) is 53.6 Å². The zero-order valence-electron chi connectivity index (χ0n) is 14.0.